The van der Waals surface area contributed by atoms with Crippen LogP contribution in [0.4, 0.5) is 14.5 Å². The summed E-state index contributed by atoms with van der Waals surface area (Å²) in [7, 11) is -3.33. The molecule has 0 saturated heterocycles. The fourth-order valence-electron chi connectivity index (χ4n) is 3.93. The molecule has 1 heterocycles. The van der Waals surface area contributed by atoms with Crippen LogP contribution in [0.5, 0.6) is 0 Å². The third kappa shape index (κ3) is 3.56. The summed E-state index contributed by atoms with van der Waals surface area (Å²) in [4.78, 5) is 0. The molecule has 4 nitrogen and oxygen atoms in total. The first-order valence-corrected chi connectivity index (χ1v) is 10.8. The Balaban J connectivity index is 1.76. The predicted molar refractivity (Wildman–Crippen MR) is 103 cm³/mol. The Labute approximate surface area is 156 Å². The summed E-state index contributed by atoms with van der Waals surface area (Å²) in [6, 6.07) is 9.36. The molecule has 4 rings (SSSR count). The van der Waals surface area contributed by atoms with Crippen LogP contribution in [0.1, 0.15) is 29.7 Å². The lowest BCUT2D eigenvalue weighted by Gasteiger charge is -2.16. The van der Waals surface area contributed by atoms with Gasteiger partial charge in [0.2, 0.25) is 10.0 Å². The molecule has 0 bridgehead atoms. The van der Waals surface area contributed by atoms with Crippen molar-refractivity contribution in [1.29, 1.82) is 0 Å². The maximum Gasteiger partial charge on any atom is 0.229 e. The average Bonchev–Trinajstić information content (AvgIpc) is 2.90. The first kappa shape index (κ1) is 18.0. The lowest BCUT2D eigenvalue weighted by molar-refractivity contribution is 0.584. The number of anilines is 1. The lowest BCUT2D eigenvalue weighted by Crippen LogP contribution is -2.11. The van der Waals surface area contributed by atoms with E-state index in [1.807, 2.05) is 16.7 Å². The minimum atomic E-state index is -3.33. The van der Waals surface area contributed by atoms with Crippen molar-refractivity contribution < 1.29 is 17.2 Å². The highest BCUT2D eigenvalue weighted by molar-refractivity contribution is 7.92. The Hall–Kier alpha value is -2.41. The molecule has 3 aromatic rings. The van der Waals surface area contributed by atoms with Crippen LogP contribution in [0.25, 0.3) is 10.9 Å². The normalized spacial score (nSPS) is 14.3. The summed E-state index contributed by atoms with van der Waals surface area (Å²) >= 11 is 0. The molecule has 2 aromatic carbocycles. The van der Waals surface area contributed by atoms with Crippen molar-refractivity contribution in [3.8, 4) is 0 Å². The van der Waals surface area contributed by atoms with Gasteiger partial charge in [0.25, 0.3) is 0 Å². The van der Waals surface area contributed by atoms with E-state index in [2.05, 4.69) is 4.72 Å². The molecule has 1 aliphatic rings. The topological polar surface area (TPSA) is 51.1 Å². The molecule has 0 fully saturated rings. The Morgan fingerprint density at radius 3 is 2.48 bits per heavy atom. The van der Waals surface area contributed by atoms with Gasteiger partial charge in [-0.15, -0.1) is 0 Å². The quantitative estimate of drug-likeness (QED) is 0.725. The SMILES string of the molecule is CS(=O)(=O)Nc1ccc(Cn2c3c(c4cc(F)cc(F)c42)CCCC3)cc1. The molecule has 7 heteroatoms. The van der Waals surface area contributed by atoms with Crippen LogP contribution >= 0.6 is 0 Å². The summed E-state index contributed by atoms with van der Waals surface area (Å²) in [5.74, 6) is -1.10. The highest BCUT2D eigenvalue weighted by atomic mass is 32.2. The van der Waals surface area contributed by atoms with Crippen molar-refractivity contribution in [2.45, 2.75) is 32.2 Å². The van der Waals surface area contributed by atoms with Crippen LogP contribution < -0.4 is 4.72 Å². The monoisotopic (exact) mass is 390 g/mol. The van der Waals surface area contributed by atoms with Gasteiger partial charge in [0, 0.05) is 29.4 Å². The van der Waals surface area contributed by atoms with E-state index in [4.69, 9.17) is 0 Å². The number of fused-ring (bicyclic) bond motifs is 3. The molecule has 27 heavy (non-hydrogen) atoms. The third-order valence-corrected chi connectivity index (χ3v) is 5.59. The second kappa shape index (κ2) is 6.64. The number of benzene rings is 2. The van der Waals surface area contributed by atoms with E-state index in [9.17, 15) is 17.2 Å². The number of aromatic nitrogens is 1. The highest BCUT2D eigenvalue weighted by Gasteiger charge is 2.23. The van der Waals surface area contributed by atoms with Crippen molar-refractivity contribution in [3.63, 3.8) is 0 Å². The number of nitrogens with zero attached hydrogens (tertiary/aromatic N) is 1. The van der Waals surface area contributed by atoms with Gasteiger partial charge in [-0.3, -0.25) is 4.72 Å². The van der Waals surface area contributed by atoms with E-state index in [0.717, 1.165) is 54.8 Å². The Morgan fingerprint density at radius 1 is 1.07 bits per heavy atom. The summed E-state index contributed by atoms with van der Waals surface area (Å²) in [5.41, 5.74) is 3.96. The van der Waals surface area contributed by atoms with E-state index >= 15 is 0 Å². The van der Waals surface area contributed by atoms with Crippen LogP contribution in [0, 0.1) is 11.6 Å². The number of nitrogens with one attached hydrogen (secondary N) is 1. The van der Waals surface area contributed by atoms with Gasteiger partial charge in [0.15, 0.2) is 0 Å². The minimum Gasteiger partial charge on any atom is -0.338 e. The number of rotatable bonds is 4. The maximum absolute atomic E-state index is 14.6. The van der Waals surface area contributed by atoms with Crippen molar-refractivity contribution in [3.05, 3.63) is 64.9 Å². The van der Waals surface area contributed by atoms with E-state index in [1.165, 1.54) is 6.07 Å². The molecule has 0 spiro atoms. The van der Waals surface area contributed by atoms with Crippen molar-refractivity contribution in [1.82, 2.24) is 4.57 Å². The van der Waals surface area contributed by atoms with Gasteiger partial charge < -0.3 is 4.57 Å². The fraction of sp³-hybridized carbons (Fsp3) is 0.300. The average molecular weight is 390 g/mol. The van der Waals surface area contributed by atoms with Crippen molar-refractivity contribution in [2.24, 2.45) is 0 Å². The lowest BCUT2D eigenvalue weighted by atomic mass is 9.95. The second-order valence-electron chi connectivity index (χ2n) is 7.07. The van der Waals surface area contributed by atoms with Crippen LogP contribution in [-0.4, -0.2) is 19.2 Å². The number of hydrogen-bond acceptors (Lipinski definition) is 2. The molecular weight excluding hydrogens is 370 g/mol. The van der Waals surface area contributed by atoms with Gasteiger partial charge >= 0.3 is 0 Å². The summed E-state index contributed by atoms with van der Waals surface area (Å²) in [6.07, 6.45) is 4.83. The van der Waals surface area contributed by atoms with Crippen molar-refractivity contribution in [2.75, 3.05) is 11.0 Å². The minimum absolute atomic E-state index is 0.446. The zero-order valence-electron chi connectivity index (χ0n) is 14.9. The third-order valence-electron chi connectivity index (χ3n) is 4.99. The molecule has 1 aromatic heterocycles. The number of aryl methyl sites for hydroxylation is 1. The second-order valence-corrected chi connectivity index (χ2v) is 8.82. The molecule has 1 N–H and O–H groups in total. The molecular formula is C20H20F2N2O2S. The molecule has 0 aliphatic heterocycles. The van der Waals surface area contributed by atoms with Crippen LogP contribution in [0.3, 0.4) is 0 Å². The van der Waals surface area contributed by atoms with E-state index < -0.39 is 21.7 Å². The van der Waals surface area contributed by atoms with Gasteiger partial charge in [-0.1, -0.05) is 12.1 Å². The van der Waals surface area contributed by atoms with Crippen molar-refractivity contribution >= 4 is 26.6 Å². The summed E-state index contributed by atoms with van der Waals surface area (Å²) in [5, 5.41) is 0.664. The van der Waals surface area contributed by atoms with Gasteiger partial charge in [-0.25, -0.2) is 17.2 Å². The number of halogens is 2. The first-order valence-electron chi connectivity index (χ1n) is 8.87. The zero-order valence-corrected chi connectivity index (χ0v) is 15.7. The Morgan fingerprint density at radius 2 is 1.78 bits per heavy atom. The number of hydrogen-bond donors (Lipinski definition) is 1. The van der Waals surface area contributed by atoms with E-state index in [1.54, 1.807) is 12.1 Å². The highest BCUT2D eigenvalue weighted by Crippen LogP contribution is 2.34. The number of sulfonamides is 1. The van der Waals surface area contributed by atoms with Gasteiger partial charge in [-0.05, 0) is 55.0 Å². The smallest absolute Gasteiger partial charge is 0.229 e. The molecule has 1 aliphatic carbocycles. The molecule has 0 amide bonds. The largest absolute Gasteiger partial charge is 0.338 e. The van der Waals surface area contributed by atoms with E-state index in [-0.39, 0.29) is 0 Å². The molecule has 0 radical (unpaired) electrons. The molecule has 0 saturated carbocycles. The standard InChI is InChI=1S/C20H20F2N2O2S/c1-27(25,26)23-15-8-6-13(7-9-15)12-24-19-5-3-2-4-16(19)17-10-14(21)11-18(22)20(17)24/h6-11,23H,2-5,12H2,1H3. The molecule has 0 unspecified atom stereocenters. The van der Waals surface area contributed by atoms with Crippen LogP contribution in [-0.2, 0) is 29.4 Å². The zero-order chi connectivity index (χ0) is 19.2. The summed E-state index contributed by atoms with van der Waals surface area (Å²) in [6.45, 7) is 0.452. The predicted octanol–water partition coefficient (Wildman–Crippen LogP) is 4.22. The van der Waals surface area contributed by atoms with Crippen LogP contribution in [0.15, 0.2) is 36.4 Å². The van der Waals surface area contributed by atoms with Gasteiger partial charge in [0.1, 0.15) is 11.6 Å². The van der Waals surface area contributed by atoms with Gasteiger partial charge in [0.05, 0.1) is 11.8 Å². The maximum atomic E-state index is 14.6. The van der Waals surface area contributed by atoms with Crippen LogP contribution in [0.2, 0.25) is 0 Å². The molecule has 142 valence electrons. The summed E-state index contributed by atoms with van der Waals surface area (Å²) < 4.78 is 55.4. The molecule has 0 atom stereocenters. The first-order chi connectivity index (χ1) is 12.8. The van der Waals surface area contributed by atoms with E-state index in [0.29, 0.717) is 23.1 Å². The Kier molecular flexibility index (Phi) is 4.42. The Bertz CT molecular complexity index is 1120. The van der Waals surface area contributed by atoms with Gasteiger partial charge in [-0.2, -0.15) is 0 Å². The fourth-order valence-corrected chi connectivity index (χ4v) is 4.50.